The molecule has 1 aliphatic rings. The Hall–Kier alpha value is -0.860. The lowest BCUT2D eigenvalue weighted by atomic mass is 9.77. The van der Waals surface area contributed by atoms with Crippen LogP contribution in [0.15, 0.2) is 30.3 Å². The van der Waals surface area contributed by atoms with Crippen LogP contribution in [-0.2, 0) is 11.2 Å². The zero-order valence-electron chi connectivity index (χ0n) is 11.5. The highest BCUT2D eigenvalue weighted by molar-refractivity contribution is 5.17. The van der Waals surface area contributed by atoms with E-state index in [-0.39, 0.29) is 0 Å². The Morgan fingerprint density at radius 2 is 2.11 bits per heavy atom. The SMILES string of the molecule is CCCNCC1(Cc2ccccc2)CCCOC1. The van der Waals surface area contributed by atoms with E-state index < -0.39 is 0 Å². The highest BCUT2D eigenvalue weighted by Crippen LogP contribution is 2.32. The highest BCUT2D eigenvalue weighted by atomic mass is 16.5. The molecule has 2 nitrogen and oxygen atoms in total. The Labute approximate surface area is 111 Å². The van der Waals surface area contributed by atoms with Crippen molar-refractivity contribution in [1.29, 1.82) is 0 Å². The molecule has 1 N–H and O–H groups in total. The van der Waals surface area contributed by atoms with E-state index in [4.69, 9.17) is 4.74 Å². The largest absolute Gasteiger partial charge is 0.381 e. The first kappa shape index (κ1) is 13.6. The average Bonchev–Trinajstić information content (AvgIpc) is 2.41. The fourth-order valence-electron chi connectivity index (χ4n) is 2.81. The molecular weight excluding hydrogens is 222 g/mol. The summed E-state index contributed by atoms with van der Waals surface area (Å²) < 4.78 is 5.75. The topological polar surface area (TPSA) is 21.3 Å². The predicted molar refractivity (Wildman–Crippen MR) is 75.8 cm³/mol. The molecule has 1 fully saturated rings. The van der Waals surface area contributed by atoms with E-state index >= 15 is 0 Å². The van der Waals surface area contributed by atoms with Gasteiger partial charge in [-0.25, -0.2) is 0 Å². The van der Waals surface area contributed by atoms with Crippen LogP contribution in [0.3, 0.4) is 0 Å². The van der Waals surface area contributed by atoms with Crippen molar-refractivity contribution < 1.29 is 4.74 Å². The summed E-state index contributed by atoms with van der Waals surface area (Å²) in [7, 11) is 0. The Bertz CT molecular complexity index is 330. The van der Waals surface area contributed by atoms with Gasteiger partial charge in [0.15, 0.2) is 0 Å². The van der Waals surface area contributed by atoms with Gasteiger partial charge >= 0.3 is 0 Å². The molecule has 1 aromatic carbocycles. The molecular formula is C16H25NO. The number of benzene rings is 1. The third kappa shape index (κ3) is 3.82. The highest BCUT2D eigenvalue weighted by Gasteiger charge is 2.32. The summed E-state index contributed by atoms with van der Waals surface area (Å²) in [6.45, 7) is 6.24. The number of hydrogen-bond acceptors (Lipinski definition) is 2. The van der Waals surface area contributed by atoms with Crippen molar-refractivity contribution in [2.45, 2.75) is 32.6 Å². The minimum atomic E-state index is 0.300. The van der Waals surface area contributed by atoms with Crippen LogP contribution in [0.1, 0.15) is 31.7 Å². The second kappa shape index (κ2) is 6.91. The van der Waals surface area contributed by atoms with Crippen LogP contribution < -0.4 is 5.32 Å². The molecule has 2 rings (SSSR count). The van der Waals surface area contributed by atoms with Gasteiger partial charge in [0.05, 0.1) is 6.61 Å². The molecule has 1 atom stereocenters. The molecule has 0 radical (unpaired) electrons. The monoisotopic (exact) mass is 247 g/mol. The van der Waals surface area contributed by atoms with Crippen LogP contribution in [0.25, 0.3) is 0 Å². The first-order chi connectivity index (χ1) is 8.85. The summed E-state index contributed by atoms with van der Waals surface area (Å²) in [5.41, 5.74) is 1.73. The minimum absolute atomic E-state index is 0.300. The molecule has 0 aromatic heterocycles. The number of rotatable bonds is 6. The van der Waals surface area contributed by atoms with Crippen LogP contribution in [0, 0.1) is 5.41 Å². The Balaban J connectivity index is 1.99. The van der Waals surface area contributed by atoms with Crippen LogP contribution in [-0.4, -0.2) is 26.3 Å². The zero-order valence-corrected chi connectivity index (χ0v) is 11.5. The molecule has 1 heterocycles. The summed E-state index contributed by atoms with van der Waals surface area (Å²) in [6, 6.07) is 10.8. The van der Waals surface area contributed by atoms with E-state index in [0.717, 1.165) is 32.7 Å². The molecule has 1 aliphatic heterocycles. The molecule has 0 bridgehead atoms. The van der Waals surface area contributed by atoms with Gasteiger partial charge in [0.2, 0.25) is 0 Å². The molecule has 18 heavy (non-hydrogen) atoms. The standard InChI is InChI=1S/C16H25NO/c1-2-10-17-13-16(9-6-11-18-14-16)12-15-7-4-3-5-8-15/h3-5,7-8,17H,2,6,9-14H2,1H3. The van der Waals surface area contributed by atoms with Crippen molar-refractivity contribution in [3.05, 3.63) is 35.9 Å². The smallest absolute Gasteiger partial charge is 0.0537 e. The van der Waals surface area contributed by atoms with Crippen molar-refractivity contribution in [1.82, 2.24) is 5.32 Å². The molecule has 0 saturated carbocycles. The molecule has 1 saturated heterocycles. The summed E-state index contributed by atoms with van der Waals surface area (Å²) in [4.78, 5) is 0. The molecule has 100 valence electrons. The summed E-state index contributed by atoms with van der Waals surface area (Å²) >= 11 is 0. The van der Waals surface area contributed by atoms with Crippen molar-refractivity contribution in [3.8, 4) is 0 Å². The molecule has 0 amide bonds. The third-order valence-electron chi connectivity index (χ3n) is 3.75. The maximum Gasteiger partial charge on any atom is 0.0537 e. The number of hydrogen-bond donors (Lipinski definition) is 1. The second-order valence-corrected chi connectivity index (χ2v) is 5.50. The zero-order chi connectivity index (χ0) is 12.7. The maximum absolute atomic E-state index is 5.75. The number of nitrogens with one attached hydrogen (secondary N) is 1. The van der Waals surface area contributed by atoms with E-state index in [9.17, 15) is 0 Å². The normalized spacial score (nSPS) is 24.1. The lowest BCUT2D eigenvalue weighted by molar-refractivity contribution is -0.00706. The third-order valence-corrected chi connectivity index (χ3v) is 3.75. The molecule has 2 heteroatoms. The van der Waals surface area contributed by atoms with E-state index in [1.165, 1.54) is 24.8 Å². The van der Waals surface area contributed by atoms with Gasteiger partial charge in [-0.15, -0.1) is 0 Å². The summed E-state index contributed by atoms with van der Waals surface area (Å²) in [6.07, 6.45) is 4.80. The van der Waals surface area contributed by atoms with Gasteiger partial charge in [-0.05, 0) is 37.8 Å². The lowest BCUT2D eigenvalue weighted by Gasteiger charge is -2.37. The molecule has 1 unspecified atom stereocenters. The van der Waals surface area contributed by atoms with Crippen LogP contribution >= 0.6 is 0 Å². The van der Waals surface area contributed by atoms with Gasteiger partial charge in [0, 0.05) is 18.6 Å². The van der Waals surface area contributed by atoms with Crippen LogP contribution in [0.4, 0.5) is 0 Å². The van der Waals surface area contributed by atoms with Crippen molar-refractivity contribution in [2.75, 3.05) is 26.3 Å². The minimum Gasteiger partial charge on any atom is -0.381 e. The van der Waals surface area contributed by atoms with Crippen LogP contribution in [0.2, 0.25) is 0 Å². The average molecular weight is 247 g/mol. The Kier molecular flexibility index (Phi) is 5.21. The van der Waals surface area contributed by atoms with E-state index in [1.807, 2.05) is 0 Å². The maximum atomic E-state index is 5.75. The summed E-state index contributed by atoms with van der Waals surface area (Å²) in [5, 5.41) is 3.59. The van der Waals surface area contributed by atoms with Gasteiger partial charge in [0.1, 0.15) is 0 Å². The van der Waals surface area contributed by atoms with Gasteiger partial charge < -0.3 is 10.1 Å². The van der Waals surface area contributed by atoms with Crippen molar-refractivity contribution in [2.24, 2.45) is 5.41 Å². The number of ether oxygens (including phenoxy) is 1. The quantitative estimate of drug-likeness (QED) is 0.780. The Morgan fingerprint density at radius 1 is 1.28 bits per heavy atom. The second-order valence-electron chi connectivity index (χ2n) is 5.50. The first-order valence-electron chi connectivity index (χ1n) is 7.17. The van der Waals surface area contributed by atoms with Crippen LogP contribution in [0.5, 0.6) is 0 Å². The first-order valence-corrected chi connectivity index (χ1v) is 7.17. The molecule has 1 aromatic rings. The molecule has 0 aliphatic carbocycles. The lowest BCUT2D eigenvalue weighted by Crippen LogP contribution is -2.43. The Morgan fingerprint density at radius 3 is 2.78 bits per heavy atom. The van der Waals surface area contributed by atoms with Crippen molar-refractivity contribution in [3.63, 3.8) is 0 Å². The fourth-order valence-corrected chi connectivity index (χ4v) is 2.81. The predicted octanol–water partition coefficient (Wildman–Crippen LogP) is 3.03. The van der Waals surface area contributed by atoms with Gasteiger partial charge in [-0.1, -0.05) is 37.3 Å². The fraction of sp³-hybridized carbons (Fsp3) is 0.625. The van der Waals surface area contributed by atoms with E-state index in [1.54, 1.807) is 0 Å². The van der Waals surface area contributed by atoms with E-state index in [2.05, 4.69) is 42.6 Å². The van der Waals surface area contributed by atoms with Gasteiger partial charge in [-0.3, -0.25) is 0 Å². The molecule has 0 spiro atoms. The van der Waals surface area contributed by atoms with Crippen molar-refractivity contribution >= 4 is 0 Å². The van der Waals surface area contributed by atoms with Gasteiger partial charge in [0.25, 0.3) is 0 Å². The summed E-state index contributed by atoms with van der Waals surface area (Å²) in [5.74, 6) is 0. The van der Waals surface area contributed by atoms with E-state index in [0.29, 0.717) is 5.41 Å². The van der Waals surface area contributed by atoms with Gasteiger partial charge in [-0.2, -0.15) is 0 Å².